The molecule has 4 rings (SSSR count). The maximum Gasteiger partial charge on any atom is 0.225 e. The van der Waals surface area contributed by atoms with E-state index in [1.807, 2.05) is 28.9 Å². The minimum Gasteiger partial charge on any atom is -0.341 e. The Labute approximate surface area is 159 Å². The topological polar surface area (TPSA) is 52.9 Å². The van der Waals surface area contributed by atoms with Crippen LogP contribution in [0.25, 0.3) is 5.65 Å². The Morgan fingerprint density at radius 1 is 1.15 bits per heavy atom. The first kappa shape index (κ1) is 17.8. The van der Waals surface area contributed by atoms with Crippen molar-refractivity contribution < 1.29 is 4.79 Å². The van der Waals surface area contributed by atoms with E-state index < -0.39 is 0 Å². The summed E-state index contributed by atoms with van der Waals surface area (Å²) < 4.78 is 1.97. The summed E-state index contributed by atoms with van der Waals surface area (Å²) in [5.74, 6) is 0.571. The van der Waals surface area contributed by atoms with Gasteiger partial charge in [0.25, 0.3) is 0 Å². The lowest BCUT2D eigenvalue weighted by atomic mass is 9.96. The molecule has 2 aliphatic rings. The maximum atomic E-state index is 12.8. The van der Waals surface area contributed by atoms with E-state index in [4.69, 9.17) is 11.6 Å². The van der Waals surface area contributed by atoms with Crippen LogP contribution in [-0.4, -0.2) is 64.4 Å². The number of nitrogens with one attached hydrogen (secondary N) is 1. The van der Waals surface area contributed by atoms with Crippen LogP contribution in [-0.2, 0) is 11.3 Å². The zero-order valence-electron chi connectivity index (χ0n) is 15.0. The fourth-order valence-corrected chi connectivity index (χ4v) is 4.17. The van der Waals surface area contributed by atoms with Gasteiger partial charge in [-0.1, -0.05) is 11.6 Å². The first-order valence-electron chi connectivity index (χ1n) is 9.54. The molecule has 0 bridgehead atoms. The molecule has 2 fully saturated rings. The molecular formula is C19H26ClN5O. The van der Waals surface area contributed by atoms with E-state index in [2.05, 4.69) is 20.1 Å². The number of amides is 1. The Morgan fingerprint density at radius 2 is 2.00 bits per heavy atom. The molecule has 4 heterocycles. The predicted octanol–water partition coefficient (Wildman–Crippen LogP) is 2.02. The number of aromatic nitrogens is 2. The number of carbonyl (C=O) groups is 1. The maximum absolute atomic E-state index is 12.8. The Kier molecular flexibility index (Phi) is 5.43. The van der Waals surface area contributed by atoms with E-state index in [-0.39, 0.29) is 5.92 Å². The number of pyridine rings is 1. The lowest BCUT2D eigenvalue weighted by Gasteiger charge is -2.28. The Hall–Kier alpha value is -1.63. The molecule has 2 aromatic heterocycles. The molecule has 1 amide bonds. The Balaban J connectivity index is 1.36. The predicted molar refractivity (Wildman–Crippen MR) is 102 cm³/mol. The summed E-state index contributed by atoms with van der Waals surface area (Å²) in [5, 5.41) is 4.05. The van der Waals surface area contributed by atoms with Gasteiger partial charge in [0.15, 0.2) is 0 Å². The van der Waals surface area contributed by atoms with Gasteiger partial charge in [0.1, 0.15) is 5.65 Å². The smallest absolute Gasteiger partial charge is 0.225 e. The number of carbonyl (C=O) groups excluding carboxylic acids is 1. The van der Waals surface area contributed by atoms with E-state index >= 15 is 0 Å². The van der Waals surface area contributed by atoms with Crippen LogP contribution < -0.4 is 5.32 Å². The van der Waals surface area contributed by atoms with Crippen LogP contribution in [0, 0.1) is 5.92 Å². The normalized spacial score (nSPS) is 20.4. The van der Waals surface area contributed by atoms with Gasteiger partial charge in [-0.3, -0.25) is 9.69 Å². The third-order valence-electron chi connectivity index (χ3n) is 5.44. The van der Waals surface area contributed by atoms with Crippen molar-refractivity contribution in [2.45, 2.75) is 25.8 Å². The van der Waals surface area contributed by atoms with Crippen molar-refractivity contribution in [3.8, 4) is 0 Å². The van der Waals surface area contributed by atoms with Crippen LogP contribution in [0.5, 0.6) is 0 Å². The first-order chi connectivity index (χ1) is 12.7. The Morgan fingerprint density at radius 3 is 2.85 bits per heavy atom. The highest BCUT2D eigenvalue weighted by atomic mass is 35.5. The van der Waals surface area contributed by atoms with Gasteiger partial charge in [0.05, 0.1) is 10.7 Å². The molecule has 2 aliphatic heterocycles. The highest BCUT2D eigenvalue weighted by molar-refractivity contribution is 6.30. The summed E-state index contributed by atoms with van der Waals surface area (Å²) >= 11 is 6.05. The van der Waals surface area contributed by atoms with Gasteiger partial charge in [0.2, 0.25) is 5.91 Å². The first-order valence-corrected chi connectivity index (χ1v) is 9.92. The van der Waals surface area contributed by atoms with Gasteiger partial charge in [-0.15, -0.1) is 0 Å². The molecular weight excluding hydrogens is 350 g/mol. The zero-order valence-corrected chi connectivity index (χ0v) is 15.8. The molecule has 0 saturated carbocycles. The summed E-state index contributed by atoms with van der Waals surface area (Å²) in [5.41, 5.74) is 1.97. The lowest BCUT2D eigenvalue weighted by molar-refractivity contribution is -0.136. The second-order valence-electron chi connectivity index (χ2n) is 7.32. The van der Waals surface area contributed by atoms with Crippen LogP contribution >= 0.6 is 11.6 Å². The van der Waals surface area contributed by atoms with Crippen molar-refractivity contribution >= 4 is 23.2 Å². The number of hydrogen-bond acceptors (Lipinski definition) is 4. The van der Waals surface area contributed by atoms with E-state index in [1.54, 1.807) is 0 Å². The van der Waals surface area contributed by atoms with Crippen LogP contribution in [0.15, 0.2) is 24.5 Å². The second kappa shape index (κ2) is 7.94. The molecule has 1 N–H and O–H groups in total. The largest absolute Gasteiger partial charge is 0.341 e. The summed E-state index contributed by atoms with van der Waals surface area (Å²) in [6, 6.07) is 3.80. The monoisotopic (exact) mass is 375 g/mol. The number of rotatable bonds is 3. The number of imidazole rings is 1. The van der Waals surface area contributed by atoms with Crippen molar-refractivity contribution in [3.05, 3.63) is 35.2 Å². The van der Waals surface area contributed by atoms with Crippen LogP contribution in [0.3, 0.4) is 0 Å². The molecule has 0 unspecified atom stereocenters. The van der Waals surface area contributed by atoms with Gasteiger partial charge < -0.3 is 14.6 Å². The third kappa shape index (κ3) is 4.03. The van der Waals surface area contributed by atoms with Crippen molar-refractivity contribution in [1.29, 1.82) is 0 Å². The van der Waals surface area contributed by atoms with Gasteiger partial charge >= 0.3 is 0 Å². The second-order valence-corrected chi connectivity index (χ2v) is 7.76. The molecule has 0 spiro atoms. The molecule has 26 heavy (non-hydrogen) atoms. The minimum absolute atomic E-state index is 0.214. The van der Waals surface area contributed by atoms with Crippen LogP contribution in [0.2, 0.25) is 5.02 Å². The van der Waals surface area contributed by atoms with Crippen molar-refractivity contribution in [2.24, 2.45) is 5.92 Å². The number of piperidine rings is 1. The number of halogens is 1. The van der Waals surface area contributed by atoms with E-state index in [0.717, 1.165) is 76.4 Å². The van der Waals surface area contributed by atoms with Crippen LogP contribution in [0.1, 0.15) is 25.0 Å². The molecule has 7 heteroatoms. The molecule has 0 aliphatic carbocycles. The quantitative estimate of drug-likeness (QED) is 0.891. The van der Waals surface area contributed by atoms with Crippen molar-refractivity contribution in [3.63, 3.8) is 0 Å². The number of hydrogen-bond donors (Lipinski definition) is 1. The molecule has 140 valence electrons. The Bertz CT molecular complexity index is 770. The summed E-state index contributed by atoms with van der Waals surface area (Å²) in [4.78, 5) is 21.9. The molecule has 2 aromatic rings. The summed E-state index contributed by atoms with van der Waals surface area (Å²) in [6.45, 7) is 6.36. The fraction of sp³-hybridized carbons (Fsp3) is 0.579. The highest BCUT2D eigenvalue weighted by Crippen LogP contribution is 2.18. The molecule has 2 saturated heterocycles. The van der Waals surface area contributed by atoms with Gasteiger partial charge in [-0.05, 0) is 44.5 Å². The fourth-order valence-electron chi connectivity index (χ4n) is 4.00. The molecule has 0 aromatic carbocycles. The number of fused-ring (bicyclic) bond motifs is 1. The lowest BCUT2D eigenvalue weighted by Crippen LogP contribution is -2.42. The van der Waals surface area contributed by atoms with Gasteiger partial charge in [-0.2, -0.15) is 0 Å². The standard InChI is InChI=1S/C19H26ClN5O/c20-16-2-3-18-22-17(14-25(18)12-16)13-23-8-1-9-24(11-10-23)19(26)15-4-6-21-7-5-15/h2-3,12,14-15,21H,1,4-11,13H2. The van der Waals surface area contributed by atoms with Crippen molar-refractivity contribution in [2.75, 3.05) is 39.3 Å². The van der Waals surface area contributed by atoms with Gasteiger partial charge in [-0.25, -0.2) is 4.98 Å². The average Bonchev–Trinajstić information content (AvgIpc) is 2.90. The summed E-state index contributed by atoms with van der Waals surface area (Å²) in [6.07, 6.45) is 6.90. The van der Waals surface area contributed by atoms with Crippen molar-refractivity contribution in [1.82, 2.24) is 24.5 Å². The SMILES string of the molecule is O=C(C1CCNCC1)N1CCCN(Cc2cn3cc(Cl)ccc3n2)CC1. The van der Waals surface area contributed by atoms with E-state index in [1.165, 1.54) is 0 Å². The highest BCUT2D eigenvalue weighted by Gasteiger charge is 2.27. The van der Waals surface area contributed by atoms with Crippen LogP contribution in [0.4, 0.5) is 0 Å². The zero-order chi connectivity index (χ0) is 17.9. The minimum atomic E-state index is 0.214. The van der Waals surface area contributed by atoms with Gasteiger partial charge in [0, 0.05) is 51.0 Å². The third-order valence-corrected chi connectivity index (χ3v) is 5.66. The number of nitrogens with zero attached hydrogens (tertiary/aromatic N) is 4. The van der Waals surface area contributed by atoms with E-state index in [9.17, 15) is 4.79 Å². The molecule has 0 atom stereocenters. The van der Waals surface area contributed by atoms with E-state index in [0.29, 0.717) is 10.9 Å². The average molecular weight is 376 g/mol. The summed E-state index contributed by atoms with van der Waals surface area (Å²) in [7, 11) is 0. The molecule has 0 radical (unpaired) electrons. The molecule has 6 nitrogen and oxygen atoms in total.